The second-order valence-corrected chi connectivity index (χ2v) is 8.06. The minimum atomic E-state index is -4.38. The zero-order valence-corrected chi connectivity index (χ0v) is 16.5. The first-order chi connectivity index (χ1) is 12.6. The SMILES string of the molecule is COC(=O)CN(c1cc([N+](=O)[O-])ccc1C)S(=O)(=O)c1cc(Cl)ccc1Cl. The summed E-state index contributed by atoms with van der Waals surface area (Å²) >= 11 is 11.9. The Balaban J connectivity index is 2.72. The molecule has 11 heteroatoms. The summed E-state index contributed by atoms with van der Waals surface area (Å²) in [7, 11) is -3.29. The Bertz CT molecular complexity index is 1010. The third-order valence-corrected chi connectivity index (χ3v) is 6.11. The van der Waals surface area contributed by atoms with Crippen LogP contribution in [0, 0.1) is 17.0 Å². The first-order valence-corrected chi connectivity index (χ1v) is 9.57. The maximum absolute atomic E-state index is 13.2. The molecule has 2 rings (SSSR count). The number of aryl methyl sites for hydroxylation is 1. The topological polar surface area (TPSA) is 107 Å². The molecule has 0 spiro atoms. The summed E-state index contributed by atoms with van der Waals surface area (Å²) in [4.78, 5) is 21.9. The van der Waals surface area contributed by atoms with E-state index in [1.165, 1.54) is 24.3 Å². The molecule has 0 atom stereocenters. The first-order valence-electron chi connectivity index (χ1n) is 7.37. The number of hydrogen-bond acceptors (Lipinski definition) is 6. The van der Waals surface area contributed by atoms with Crippen molar-refractivity contribution >= 4 is 50.6 Å². The molecule has 2 aromatic rings. The van der Waals surface area contributed by atoms with Gasteiger partial charge in [-0.25, -0.2) is 8.42 Å². The number of halogens is 2. The fourth-order valence-electron chi connectivity index (χ4n) is 2.26. The zero-order valence-electron chi connectivity index (χ0n) is 14.2. The number of anilines is 1. The molecule has 2 aromatic carbocycles. The number of hydrogen-bond donors (Lipinski definition) is 0. The van der Waals surface area contributed by atoms with Crippen LogP contribution in [0.25, 0.3) is 0 Å². The predicted molar refractivity (Wildman–Crippen MR) is 101 cm³/mol. The summed E-state index contributed by atoms with van der Waals surface area (Å²) in [6.45, 7) is 0.849. The monoisotopic (exact) mass is 432 g/mol. The van der Waals surface area contributed by atoms with E-state index in [1.54, 1.807) is 6.92 Å². The summed E-state index contributed by atoms with van der Waals surface area (Å²) < 4.78 is 31.7. The van der Waals surface area contributed by atoms with E-state index in [4.69, 9.17) is 23.2 Å². The van der Waals surface area contributed by atoms with Crippen molar-refractivity contribution in [1.29, 1.82) is 0 Å². The van der Waals surface area contributed by atoms with Gasteiger partial charge in [0.15, 0.2) is 0 Å². The van der Waals surface area contributed by atoms with E-state index in [2.05, 4.69) is 4.74 Å². The Labute approximate surface area is 165 Å². The molecule has 0 heterocycles. The van der Waals surface area contributed by atoms with Crippen LogP contribution in [-0.4, -0.2) is 33.0 Å². The Morgan fingerprint density at radius 2 is 1.89 bits per heavy atom. The maximum Gasteiger partial charge on any atom is 0.326 e. The zero-order chi connectivity index (χ0) is 20.4. The number of benzene rings is 2. The Hall–Kier alpha value is -2.36. The molecule has 0 radical (unpaired) electrons. The number of sulfonamides is 1. The third-order valence-electron chi connectivity index (χ3n) is 3.63. The molecule has 0 saturated heterocycles. The fourth-order valence-corrected chi connectivity index (χ4v) is 4.46. The minimum absolute atomic E-state index is 0.0503. The average Bonchev–Trinajstić information content (AvgIpc) is 2.61. The number of ether oxygens (including phenoxy) is 1. The van der Waals surface area contributed by atoms with Crippen molar-refractivity contribution in [1.82, 2.24) is 0 Å². The summed E-state index contributed by atoms with van der Waals surface area (Å²) in [6, 6.07) is 7.52. The fraction of sp³-hybridized carbons (Fsp3) is 0.188. The van der Waals surface area contributed by atoms with Crippen LogP contribution in [0.15, 0.2) is 41.3 Å². The van der Waals surface area contributed by atoms with E-state index in [0.717, 1.165) is 19.2 Å². The van der Waals surface area contributed by atoms with Crippen molar-refractivity contribution in [3.8, 4) is 0 Å². The van der Waals surface area contributed by atoms with Crippen LogP contribution in [0.2, 0.25) is 10.0 Å². The number of nitro benzene ring substituents is 1. The summed E-state index contributed by atoms with van der Waals surface area (Å²) in [5.41, 5.74) is 0.00901. The van der Waals surface area contributed by atoms with Crippen LogP contribution in [0.5, 0.6) is 0 Å². The average molecular weight is 433 g/mol. The van der Waals surface area contributed by atoms with Crippen molar-refractivity contribution in [2.24, 2.45) is 0 Å². The van der Waals surface area contributed by atoms with E-state index in [-0.39, 0.29) is 26.3 Å². The quantitative estimate of drug-likeness (QED) is 0.392. The van der Waals surface area contributed by atoms with Gasteiger partial charge in [-0.1, -0.05) is 29.3 Å². The van der Waals surface area contributed by atoms with Crippen molar-refractivity contribution in [3.63, 3.8) is 0 Å². The largest absolute Gasteiger partial charge is 0.468 e. The molecular weight excluding hydrogens is 419 g/mol. The van der Waals surface area contributed by atoms with Gasteiger partial charge in [-0.05, 0) is 30.7 Å². The Morgan fingerprint density at radius 3 is 2.48 bits per heavy atom. The molecule has 0 fully saturated rings. The van der Waals surface area contributed by atoms with E-state index in [9.17, 15) is 23.3 Å². The molecule has 144 valence electrons. The van der Waals surface area contributed by atoms with Gasteiger partial charge < -0.3 is 4.74 Å². The number of nitro groups is 1. The highest BCUT2D eigenvalue weighted by atomic mass is 35.5. The van der Waals surface area contributed by atoms with Gasteiger partial charge in [0.2, 0.25) is 0 Å². The van der Waals surface area contributed by atoms with Gasteiger partial charge in [0, 0.05) is 17.2 Å². The lowest BCUT2D eigenvalue weighted by Gasteiger charge is -2.25. The number of carbonyl (C=O) groups excluding carboxylic acids is 1. The van der Waals surface area contributed by atoms with Crippen molar-refractivity contribution in [2.45, 2.75) is 11.8 Å². The van der Waals surface area contributed by atoms with Gasteiger partial charge in [-0.15, -0.1) is 0 Å². The Kier molecular flexibility index (Phi) is 6.30. The summed E-state index contributed by atoms with van der Waals surface area (Å²) in [5, 5.41) is 11.1. The Morgan fingerprint density at radius 1 is 1.22 bits per heavy atom. The van der Waals surface area contributed by atoms with Crippen LogP contribution >= 0.6 is 23.2 Å². The van der Waals surface area contributed by atoms with E-state index >= 15 is 0 Å². The highest BCUT2D eigenvalue weighted by Crippen LogP contribution is 2.33. The molecule has 0 aromatic heterocycles. The van der Waals surface area contributed by atoms with Crippen molar-refractivity contribution in [3.05, 3.63) is 62.1 Å². The first kappa shape index (κ1) is 20.9. The maximum atomic E-state index is 13.2. The number of rotatable bonds is 6. The lowest BCUT2D eigenvalue weighted by molar-refractivity contribution is -0.384. The molecule has 0 saturated carbocycles. The van der Waals surface area contributed by atoms with Crippen molar-refractivity contribution in [2.75, 3.05) is 18.0 Å². The molecular formula is C16H14Cl2N2O6S. The lowest BCUT2D eigenvalue weighted by Crippen LogP contribution is -2.37. The smallest absolute Gasteiger partial charge is 0.326 e. The van der Waals surface area contributed by atoms with Crippen LogP contribution < -0.4 is 4.31 Å². The van der Waals surface area contributed by atoms with E-state index in [1.807, 2.05) is 0 Å². The van der Waals surface area contributed by atoms with E-state index in [0.29, 0.717) is 9.87 Å². The van der Waals surface area contributed by atoms with Crippen LogP contribution in [-0.2, 0) is 19.6 Å². The molecule has 0 aliphatic rings. The third kappa shape index (κ3) is 4.49. The van der Waals surface area contributed by atoms with Crippen molar-refractivity contribution < 1.29 is 22.9 Å². The molecule has 0 aliphatic carbocycles. The normalized spacial score (nSPS) is 11.1. The van der Waals surface area contributed by atoms with Crippen LogP contribution in [0.4, 0.5) is 11.4 Å². The number of nitrogens with zero attached hydrogens (tertiary/aromatic N) is 2. The number of carbonyl (C=O) groups is 1. The van der Waals surface area contributed by atoms with Gasteiger partial charge in [0.25, 0.3) is 15.7 Å². The van der Waals surface area contributed by atoms with Gasteiger partial charge >= 0.3 is 5.97 Å². The molecule has 0 amide bonds. The van der Waals surface area contributed by atoms with Gasteiger partial charge in [0.1, 0.15) is 11.4 Å². The molecule has 0 N–H and O–H groups in total. The second-order valence-electron chi connectivity index (χ2n) is 5.39. The van der Waals surface area contributed by atoms with Crippen LogP contribution in [0.1, 0.15) is 5.56 Å². The van der Waals surface area contributed by atoms with Crippen LogP contribution in [0.3, 0.4) is 0 Å². The van der Waals surface area contributed by atoms with Gasteiger partial charge in [0.05, 0.1) is 22.7 Å². The second kappa shape index (κ2) is 8.12. The lowest BCUT2D eigenvalue weighted by atomic mass is 10.2. The molecule has 8 nitrogen and oxygen atoms in total. The number of methoxy groups -OCH3 is 1. The molecule has 0 unspecified atom stereocenters. The van der Waals surface area contributed by atoms with Gasteiger partial charge in [-0.2, -0.15) is 0 Å². The highest BCUT2D eigenvalue weighted by molar-refractivity contribution is 7.93. The highest BCUT2D eigenvalue weighted by Gasteiger charge is 2.31. The minimum Gasteiger partial charge on any atom is -0.468 e. The molecule has 0 aliphatic heterocycles. The summed E-state index contributed by atoms with van der Waals surface area (Å²) in [6.07, 6.45) is 0. The van der Waals surface area contributed by atoms with E-state index < -0.39 is 27.5 Å². The molecule has 27 heavy (non-hydrogen) atoms. The predicted octanol–water partition coefficient (Wildman–Crippen LogP) is 3.58. The standard InChI is InChI=1S/C16H14Cl2N2O6S/c1-10-3-5-12(20(22)23)8-14(10)19(9-16(21)26-2)27(24,25)15-7-11(17)4-6-13(15)18/h3-8H,9H2,1-2H3. The van der Waals surface area contributed by atoms with Gasteiger partial charge in [-0.3, -0.25) is 19.2 Å². The number of esters is 1. The number of non-ortho nitro benzene ring substituents is 1. The summed E-state index contributed by atoms with van der Waals surface area (Å²) in [5.74, 6) is -0.859. The molecule has 0 bridgehead atoms.